The van der Waals surface area contributed by atoms with Crippen LogP contribution in [0.25, 0.3) is 6.08 Å². The van der Waals surface area contributed by atoms with Crippen molar-refractivity contribution in [2.75, 3.05) is 25.3 Å². The summed E-state index contributed by atoms with van der Waals surface area (Å²) in [6.45, 7) is 10.7. The third-order valence-electron chi connectivity index (χ3n) is 2.86. The molecule has 0 unspecified atom stereocenters. The molecule has 0 aromatic heterocycles. The fraction of sp³-hybridized carbons (Fsp3) is 0.467. The van der Waals surface area contributed by atoms with Gasteiger partial charge in [0.1, 0.15) is 0 Å². The molecular formula is C15H23NS. The number of hydrogen-bond acceptors (Lipinski definition) is 2. The first-order valence-electron chi connectivity index (χ1n) is 5.83. The monoisotopic (exact) mass is 249 g/mol. The summed E-state index contributed by atoms with van der Waals surface area (Å²) in [6.07, 6.45) is 4.05. The van der Waals surface area contributed by atoms with Crippen LogP contribution in [0.2, 0.25) is 0 Å². The molecule has 0 saturated carbocycles. The molecule has 0 radical (unpaired) electrons. The van der Waals surface area contributed by atoms with Gasteiger partial charge in [-0.1, -0.05) is 33.4 Å². The van der Waals surface area contributed by atoms with Crippen LogP contribution in [0.5, 0.6) is 0 Å². The molecule has 1 nitrogen and oxygen atoms in total. The Kier molecular flexibility index (Phi) is 4.31. The molecule has 0 aliphatic rings. The summed E-state index contributed by atoms with van der Waals surface area (Å²) >= 11 is 1.78. The quantitative estimate of drug-likeness (QED) is 0.730. The Morgan fingerprint density at radius 1 is 1.24 bits per heavy atom. The highest BCUT2D eigenvalue weighted by Crippen LogP contribution is 2.36. The molecular weight excluding hydrogens is 226 g/mol. The smallest absolute Gasteiger partial charge is 0.0405 e. The van der Waals surface area contributed by atoms with Gasteiger partial charge in [0.15, 0.2) is 0 Å². The molecule has 0 N–H and O–H groups in total. The molecule has 0 spiro atoms. The summed E-state index contributed by atoms with van der Waals surface area (Å²) in [5, 5.41) is 0. The second kappa shape index (κ2) is 5.18. The van der Waals surface area contributed by atoms with Gasteiger partial charge in [0, 0.05) is 24.7 Å². The van der Waals surface area contributed by atoms with Crippen molar-refractivity contribution < 1.29 is 0 Å². The van der Waals surface area contributed by atoms with E-state index in [1.165, 1.54) is 21.7 Å². The molecule has 1 aromatic carbocycles. The highest BCUT2D eigenvalue weighted by molar-refractivity contribution is 7.98. The number of hydrogen-bond donors (Lipinski definition) is 0. The minimum atomic E-state index is 0.157. The molecule has 1 aromatic rings. The minimum absolute atomic E-state index is 0.157. The average molecular weight is 249 g/mol. The van der Waals surface area contributed by atoms with Crippen molar-refractivity contribution in [3.63, 3.8) is 0 Å². The summed E-state index contributed by atoms with van der Waals surface area (Å²) in [7, 11) is 4.19. The van der Waals surface area contributed by atoms with Gasteiger partial charge in [-0.2, -0.15) is 0 Å². The maximum absolute atomic E-state index is 3.90. The van der Waals surface area contributed by atoms with E-state index in [1.807, 2.05) is 6.08 Å². The van der Waals surface area contributed by atoms with E-state index in [4.69, 9.17) is 0 Å². The molecule has 0 saturated heterocycles. The molecule has 17 heavy (non-hydrogen) atoms. The number of thioether (sulfide) groups is 1. The van der Waals surface area contributed by atoms with Gasteiger partial charge >= 0.3 is 0 Å². The lowest BCUT2D eigenvalue weighted by molar-refractivity contribution is 0.588. The highest BCUT2D eigenvalue weighted by Gasteiger charge is 2.20. The summed E-state index contributed by atoms with van der Waals surface area (Å²) in [5.41, 5.74) is 4.04. The fourth-order valence-corrected chi connectivity index (χ4v) is 2.51. The molecule has 0 aliphatic heterocycles. The number of rotatable bonds is 3. The first-order valence-corrected chi connectivity index (χ1v) is 7.06. The van der Waals surface area contributed by atoms with Crippen molar-refractivity contribution in [2.24, 2.45) is 0 Å². The summed E-state index contributed by atoms with van der Waals surface area (Å²) in [4.78, 5) is 3.48. The Labute approximate surface area is 110 Å². The molecule has 0 bridgehead atoms. The zero-order valence-corrected chi connectivity index (χ0v) is 12.6. The second-order valence-corrected chi connectivity index (χ2v) is 6.31. The molecule has 0 fully saturated rings. The Hall–Kier alpha value is -0.890. The largest absolute Gasteiger partial charge is 0.377 e. The van der Waals surface area contributed by atoms with Gasteiger partial charge in [-0.05, 0) is 34.9 Å². The highest BCUT2D eigenvalue weighted by atomic mass is 32.2. The topological polar surface area (TPSA) is 3.24 Å². The van der Waals surface area contributed by atoms with Gasteiger partial charge in [-0.25, -0.2) is 0 Å². The van der Waals surface area contributed by atoms with E-state index in [-0.39, 0.29) is 5.41 Å². The second-order valence-electron chi connectivity index (χ2n) is 5.46. The zero-order valence-electron chi connectivity index (χ0n) is 11.8. The van der Waals surface area contributed by atoms with Crippen molar-refractivity contribution >= 4 is 23.5 Å². The van der Waals surface area contributed by atoms with Crippen LogP contribution in [0.3, 0.4) is 0 Å². The van der Waals surface area contributed by atoms with Gasteiger partial charge in [0.05, 0.1) is 0 Å². The van der Waals surface area contributed by atoms with Gasteiger partial charge in [0.2, 0.25) is 0 Å². The molecule has 94 valence electrons. The lowest BCUT2D eigenvalue weighted by Crippen LogP contribution is -2.19. The van der Waals surface area contributed by atoms with E-state index in [0.717, 1.165) is 0 Å². The first-order chi connectivity index (χ1) is 7.81. The Bertz CT molecular complexity index is 414. The van der Waals surface area contributed by atoms with Gasteiger partial charge < -0.3 is 4.90 Å². The van der Waals surface area contributed by atoms with Crippen LogP contribution in [0, 0.1) is 0 Å². The maximum Gasteiger partial charge on any atom is 0.0405 e. The number of nitrogens with zero attached hydrogens (tertiary/aromatic N) is 1. The van der Waals surface area contributed by atoms with E-state index in [0.29, 0.717) is 0 Å². The molecule has 0 amide bonds. The van der Waals surface area contributed by atoms with E-state index in [9.17, 15) is 0 Å². The summed E-state index contributed by atoms with van der Waals surface area (Å²) < 4.78 is 0. The van der Waals surface area contributed by atoms with E-state index >= 15 is 0 Å². The van der Waals surface area contributed by atoms with Crippen molar-refractivity contribution in [1.82, 2.24) is 0 Å². The molecule has 0 heterocycles. The average Bonchev–Trinajstić information content (AvgIpc) is 2.25. The van der Waals surface area contributed by atoms with Crippen molar-refractivity contribution in [2.45, 2.75) is 31.1 Å². The van der Waals surface area contributed by atoms with Crippen molar-refractivity contribution in [3.8, 4) is 0 Å². The summed E-state index contributed by atoms with van der Waals surface area (Å²) in [6, 6.07) is 4.54. The van der Waals surface area contributed by atoms with Crippen LogP contribution in [0.4, 0.5) is 5.69 Å². The maximum atomic E-state index is 3.90. The molecule has 2 heteroatoms. The third kappa shape index (κ3) is 3.06. The van der Waals surface area contributed by atoms with E-state index in [2.05, 4.69) is 64.7 Å². The molecule has 0 aliphatic carbocycles. The van der Waals surface area contributed by atoms with Crippen molar-refractivity contribution in [3.05, 3.63) is 29.8 Å². The third-order valence-corrected chi connectivity index (χ3v) is 3.65. The number of anilines is 1. The normalized spacial score (nSPS) is 11.4. The number of benzene rings is 1. The van der Waals surface area contributed by atoms with Gasteiger partial charge in [-0.15, -0.1) is 11.8 Å². The Balaban J connectivity index is 3.51. The van der Waals surface area contributed by atoms with Crippen LogP contribution in [-0.2, 0) is 5.41 Å². The lowest BCUT2D eigenvalue weighted by Gasteiger charge is -2.28. The summed E-state index contributed by atoms with van der Waals surface area (Å²) in [5.74, 6) is 0. The van der Waals surface area contributed by atoms with Gasteiger partial charge in [0.25, 0.3) is 0 Å². The lowest BCUT2D eigenvalue weighted by atomic mass is 9.85. The van der Waals surface area contributed by atoms with Gasteiger partial charge in [-0.3, -0.25) is 0 Å². The first kappa shape index (κ1) is 14.2. The van der Waals surface area contributed by atoms with E-state index < -0.39 is 0 Å². The van der Waals surface area contributed by atoms with Crippen LogP contribution in [0.15, 0.2) is 23.6 Å². The predicted molar refractivity (Wildman–Crippen MR) is 81.3 cm³/mol. The van der Waals surface area contributed by atoms with E-state index in [1.54, 1.807) is 11.8 Å². The van der Waals surface area contributed by atoms with Crippen LogP contribution >= 0.6 is 11.8 Å². The molecule has 1 rings (SSSR count). The molecule has 0 atom stereocenters. The van der Waals surface area contributed by atoms with Crippen LogP contribution in [0.1, 0.15) is 31.9 Å². The predicted octanol–water partition coefficient (Wildman–Crippen LogP) is 4.42. The standard InChI is InChI=1S/C15H23NS/c1-8-11-9-13(16(5)6)12(15(2,3)4)10-14(11)17-7/h8-10H,1H2,2-7H3. The SMILES string of the molecule is C=Cc1cc(N(C)C)c(C(C)(C)C)cc1SC. The van der Waals surface area contributed by atoms with Crippen molar-refractivity contribution in [1.29, 1.82) is 0 Å². The minimum Gasteiger partial charge on any atom is -0.377 e. The Morgan fingerprint density at radius 2 is 1.82 bits per heavy atom. The Morgan fingerprint density at radius 3 is 2.18 bits per heavy atom. The van der Waals surface area contributed by atoms with Crippen LogP contribution in [-0.4, -0.2) is 20.4 Å². The van der Waals surface area contributed by atoms with Crippen LogP contribution < -0.4 is 4.90 Å². The zero-order chi connectivity index (χ0) is 13.2. The fourth-order valence-electron chi connectivity index (χ4n) is 1.89.